The van der Waals surface area contributed by atoms with E-state index in [4.69, 9.17) is 11.0 Å². The fourth-order valence-electron chi connectivity index (χ4n) is 1.30. The minimum absolute atomic E-state index is 0.325. The predicted octanol–water partition coefficient (Wildman–Crippen LogP) is 2.06. The van der Waals surface area contributed by atoms with Gasteiger partial charge in [-0.05, 0) is 23.9 Å². The van der Waals surface area contributed by atoms with Crippen molar-refractivity contribution in [2.45, 2.75) is 6.92 Å². The number of pyridine rings is 1. The minimum Gasteiger partial charge on any atom is -0.383 e. The molecule has 0 aliphatic heterocycles. The molecule has 0 saturated carbocycles. The number of rotatable bonds is 0. The summed E-state index contributed by atoms with van der Waals surface area (Å²) in [6.45, 7) is 1.90. The fraction of sp³-hybridized carbons (Fsp3) is 0.111. The van der Waals surface area contributed by atoms with Gasteiger partial charge in [0.25, 0.3) is 0 Å². The van der Waals surface area contributed by atoms with Crippen molar-refractivity contribution < 1.29 is 0 Å². The van der Waals surface area contributed by atoms with Crippen LogP contribution >= 0.6 is 11.3 Å². The molecule has 0 radical (unpaired) electrons. The van der Waals surface area contributed by atoms with Gasteiger partial charge in [0, 0.05) is 0 Å². The third-order valence-electron chi connectivity index (χ3n) is 1.97. The van der Waals surface area contributed by atoms with Crippen LogP contribution in [0.4, 0.5) is 5.82 Å². The SMILES string of the molecule is Cc1c(C#N)c(N)nc2ccsc12. The van der Waals surface area contributed by atoms with Crippen LogP contribution in [0.1, 0.15) is 11.1 Å². The molecule has 4 heteroatoms. The monoisotopic (exact) mass is 189 g/mol. The maximum absolute atomic E-state index is 8.83. The number of anilines is 1. The third kappa shape index (κ3) is 1.05. The lowest BCUT2D eigenvalue weighted by molar-refractivity contribution is 1.34. The van der Waals surface area contributed by atoms with Gasteiger partial charge in [-0.25, -0.2) is 4.98 Å². The number of nitrogen functional groups attached to an aromatic ring is 1. The number of hydrogen-bond donors (Lipinski definition) is 1. The van der Waals surface area contributed by atoms with Crippen molar-refractivity contribution in [2.24, 2.45) is 0 Å². The predicted molar refractivity (Wildman–Crippen MR) is 53.5 cm³/mol. The summed E-state index contributed by atoms with van der Waals surface area (Å²) in [6.07, 6.45) is 0. The molecule has 2 aromatic rings. The first-order valence-corrected chi connectivity index (χ1v) is 4.65. The van der Waals surface area contributed by atoms with E-state index in [1.165, 1.54) is 0 Å². The molecule has 2 N–H and O–H groups in total. The van der Waals surface area contributed by atoms with Crippen molar-refractivity contribution >= 4 is 27.4 Å². The van der Waals surface area contributed by atoms with Crippen LogP contribution in [0.5, 0.6) is 0 Å². The molecule has 0 amide bonds. The van der Waals surface area contributed by atoms with Crippen molar-refractivity contribution in [1.82, 2.24) is 4.98 Å². The molecule has 0 spiro atoms. The van der Waals surface area contributed by atoms with Gasteiger partial charge in [-0.15, -0.1) is 11.3 Å². The Bertz CT molecular complexity index is 507. The first-order chi connectivity index (χ1) is 6.24. The highest BCUT2D eigenvalue weighted by Crippen LogP contribution is 2.27. The Morgan fingerprint density at radius 1 is 1.62 bits per heavy atom. The molecule has 0 bridgehead atoms. The van der Waals surface area contributed by atoms with Gasteiger partial charge in [0.05, 0.1) is 15.8 Å². The van der Waals surface area contributed by atoms with E-state index >= 15 is 0 Å². The molecule has 0 unspecified atom stereocenters. The third-order valence-corrected chi connectivity index (χ3v) is 2.99. The summed E-state index contributed by atoms with van der Waals surface area (Å²) in [6, 6.07) is 3.97. The van der Waals surface area contributed by atoms with Gasteiger partial charge in [0.1, 0.15) is 11.9 Å². The molecule has 3 nitrogen and oxygen atoms in total. The number of aromatic nitrogens is 1. The van der Waals surface area contributed by atoms with Gasteiger partial charge in [0.2, 0.25) is 0 Å². The molecule has 64 valence electrons. The van der Waals surface area contributed by atoms with Crippen LogP contribution < -0.4 is 5.73 Å². The van der Waals surface area contributed by atoms with Gasteiger partial charge < -0.3 is 5.73 Å². The van der Waals surface area contributed by atoms with Crippen molar-refractivity contribution in [3.63, 3.8) is 0 Å². The molecule has 2 heterocycles. The second-order valence-electron chi connectivity index (χ2n) is 2.74. The lowest BCUT2D eigenvalue weighted by atomic mass is 10.1. The van der Waals surface area contributed by atoms with Crippen molar-refractivity contribution in [3.8, 4) is 6.07 Å². The van der Waals surface area contributed by atoms with Crippen LogP contribution in [0, 0.1) is 18.3 Å². The standard InChI is InChI=1S/C9H7N3S/c1-5-6(4-10)9(11)12-7-2-3-13-8(5)7/h2-3H,1H3,(H2,11,12). The van der Waals surface area contributed by atoms with Crippen LogP contribution in [-0.2, 0) is 0 Å². The average molecular weight is 189 g/mol. The molecule has 0 aromatic carbocycles. The molecule has 0 saturated heterocycles. The molecular weight excluding hydrogens is 182 g/mol. The Morgan fingerprint density at radius 2 is 2.38 bits per heavy atom. The molecule has 0 aliphatic rings. The number of nitriles is 1. The second-order valence-corrected chi connectivity index (χ2v) is 3.66. The molecule has 2 rings (SSSR count). The Morgan fingerprint density at radius 3 is 3.08 bits per heavy atom. The number of aryl methyl sites for hydroxylation is 1. The lowest BCUT2D eigenvalue weighted by Crippen LogP contribution is -1.96. The first kappa shape index (κ1) is 8.02. The highest BCUT2D eigenvalue weighted by molar-refractivity contribution is 7.17. The van der Waals surface area contributed by atoms with Gasteiger partial charge in [0.15, 0.2) is 0 Å². The minimum atomic E-state index is 0.325. The van der Waals surface area contributed by atoms with Gasteiger partial charge in [-0.2, -0.15) is 5.26 Å². The summed E-state index contributed by atoms with van der Waals surface area (Å²) in [7, 11) is 0. The Hall–Kier alpha value is -1.60. The summed E-state index contributed by atoms with van der Waals surface area (Å²) in [5.41, 5.74) is 7.93. The number of thiophene rings is 1. The zero-order chi connectivity index (χ0) is 9.42. The molecule has 0 atom stereocenters. The highest BCUT2D eigenvalue weighted by Gasteiger charge is 2.09. The normalized spacial score (nSPS) is 10.2. The zero-order valence-electron chi connectivity index (χ0n) is 7.03. The smallest absolute Gasteiger partial charge is 0.142 e. The maximum Gasteiger partial charge on any atom is 0.142 e. The summed E-state index contributed by atoms with van der Waals surface area (Å²) in [4.78, 5) is 4.13. The molecule has 0 fully saturated rings. The Kier molecular flexibility index (Phi) is 1.67. The van der Waals surface area contributed by atoms with Gasteiger partial charge in [-0.1, -0.05) is 0 Å². The summed E-state index contributed by atoms with van der Waals surface area (Å²) >= 11 is 1.58. The maximum atomic E-state index is 8.83. The number of hydrogen-bond acceptors (Lipinski definition) is 4. The summed E-state index contributed by atoms with van der Waals surface area (Å²) in [5, 5.41) is 10.8. The van der Waals surface area contributed by atoms with Gasteiger partial charge in [-0.3, -0.25) is 0 Å². The molecule has 13 heavy (non-hydrogen) atoms. The zero-order valence-corrected chi connectivity index (χ0v) is 7.85. The van der Waals surface area contributed by atoms with E-state index < -0.39 is 0 Å². The molecule has 0 aliphatic carbocycles. The highest BCUT2D eigenvalue weighted by atomic mass is 32.1. The van der Waals surface area contributed by atoms with Crippen molar-refractivity contribution in [1.29, 1.82) is 5.26 Å². The van der Waals surface area contributed by atoms with Crippen LogP contribution in [-0.4, -0.2) is 4.98 Å². The van der Waals surface area contributed by atoms with Crippen LogP contribution in [0.15, 0.2) is 11.4 Å². The van der Waals surface area contributed by atoms with E-state index in [1.54, 1.807) is 11.3 Å². The lowest BCUT2D eigenvalue weighted by Gasteiger charge is -2.01. The molecular formula is C9H7N3S. The summed E-state index contributed by atoms with van der Waals surface area (Å²) in [5.74, 6) is 0.325. The van der Waals surface area contributed by atoms with E-state index in [-0.39, 0.29) is 0 Å². The van der Waals surface area contributed by atoms with E-state index in [9.17, 15) is 0 Å². The van der Waals surface area contributed by atoms with Crippen LogP contribution in [0.2, 0.25) is 0 Å². The number of fused-ring (bicyclic) bond motifs is 1. The van der Waals surface area contributed by atoms with E-state index in [1.807, 2.05) is 18.4 Å². The largest absolute Gasteiger partial charge is 0.383 e. The summed E-state index contributed by atoms with van der Waals surface area (Å²) < 4.78 is 1.05. The van der Waals surface area contributed by atoms with Gasteiger partial charge >= 0.3 is 0 Å². The van der Waals surface area contributed by atoms with E-state index in [2.05, 4.69) is 11.1 Å². The number of nitrogens with two attached hydrogens (primary N) is 1. The Balaban J connectivity index is 2.95. The Labute approximate surface area is 79.4 Å². The fourth-order valence-corrected chi connectivity index (χ4v) is 2.15. The van der Waals surface area contributed by atoms with E-state index in [0.29, 0.717) is 11.4 Å². The van der Waals surface area contributed by atoms with Crippen molar-refractivity contribution in [3.05, 3.63) is 22.6 Å². The van der Waals surface area contributed by atoms with Crippen molar-refractivity contribution in [2.75, 3.05) is 5.73 Å². The van der Waals surface area contributed by atoms with Crippen LogP contribution in [0.3, 0.4) is 0 Å². The second kappa shape index (κ2) is 2.71. The topological polar surface area (TPSA) is 62.7 Å². The van der Waals surface area contributed by atoms with Crippen LogP contribution in [0.25, 0.3) is 10.2 Å². The molecule has 2 aromatic heterocycles. The quantitative estimate of drug-likeness (QED) is 0.690. The van der Waals surface area contributed by atoms with E-state index in [0.717, 1.165) is 15.8 Å². The average Bonchev–Trinajstić information content (AvgIpc) is 2.53. The first-order valence-electron chi connectivity index (χ1n) is 3.77. The number of nitrogens with zero attached hydrogens (tertiary/aromatic N) is 2.